The van der Waals surface area contributed by atoms with Crippen LogP contribution in [0.5, 0.6) is 0 Å². The molecule has 100 valence electrons. The molecule has 0 aromatic carbocycles. The molecule has 0 radical (unpaired) electrons. The molecule has 1 heterocycles. The zero-order chi connectivity index (χ0) is 11.8. The summed E-state index contributed by atoms with van der Waals surface area (Å²) in [6, 6.07) is 0.282. The Bertz CT molecular complexity index is 278. The van der Waals surface area contributed by atoms with Crippen molar-refractivity contribution in [3.63, 3.8) is 0 Å². The predicted molar refractivity (Wildman–Crippen MR) is 69.4 cm³/mol. The Morgan fingerprint density at radius 3 is 2.65 bits per heavy atom. The first kappa shape index (κ1) is 14.7. The second-order valence-corrected chi connectivity index (χ2v) is 5.49. The lowest BCUT2D eigenvalue weighted by molar-refractivity contribution is -0.134. The van der Waals surface area contributed by atoms with Gasteiger partial charge in [0, 0.05) is 18.6 Å². The summed E-state index contributed by atoms with van der Waals surface area (Å²) in [5.41, 5.74) is 0.0585. The van der Waals surface area contributed by atoms with Gasteiger partial charge in [0.15, 0.2) is 0 Å². The number of hydrogen-bond acceptors (Lipinski definition) is 3. The lowest BCUT2D eigenvalue weighted by atomic mass is 9.64. The van der Waals surface area contributed by atoms with Crippen molar-refractivity contribution in [3.8, 4) is 0 Å². The number of nitrogens with one attached hydrogen (secondary N) is 2. The third-order valence-corrected chi connectivity index (χ3v) is 4.16. The van der Waals surface area contributed by atoms with Gasteiger partial charge in [0.05, 0.1) is 12.1 Å². The lowest BCUT2D eigenvalue weighted by Gasteiger charge is -2.51. The van der Waals surface area contributed by atoms with E-state index < -0.39 is 0 Å². The van der Waals surface area contributed by atoms with Gasteiger partial charge in [-0.2, -0.15) is 0 Å². The molecule has 2 unspecified atom stereocenters. The molecule has 2 aliphatic rings. The SMILES string of the molecule is COC1CC(NC(=O)[C@@H]2CCCN2)C1(C)C.Cl. The molecule has 1 saturated heterocycles. The molecule has 0 aromatic heterocycles. The number of ether oxygens (including phenoxy) is 1. The fourth-order valence-corrected chi connectivity index (χ4v) is 2.71. The molecule has 1 amide bonds. The van der Waals surface area contributed by atoms with Gasteiger partial charge in [0.2, 0.25) is 5.91 Å². The van der Waals surface area contributed by atoms with Crippen LogP contribution in [0.1, 0.15) is 33.1 Å². The van der Waals surface area contributed by atoms with Crippen LogP contribution in [0, 0.1) is 5.41 Å². The maximum Gasteiger partial charge on any atom is 0.237 e. The molecule has 3 atom stereocenters. The van der Waals surface area contributed by atoms with Crippen molar-refractivity contribution in [1.82, 2.24) is 10.6 Å². The summed E-state index contributed by atoms with van der Waals surface area (Å²) < 4.78 is 5.37. The van der Waals surface area contributed by atoms with E-state index in [1.807, 2.05) is 0 Å². The molecule has 1 aliphatic heterocycles. The van der Waals surface area contributed by atoms with E-state index >= 15 is 0 Å². The number of carbonyl (C=O) groups is 1. The Kier molecular flexibility index (Phi) is 4.81. The molecule has 17 heavy (non-hydrogen) atoms. The van der Waals surface area contributed by atoms with Gasteiger partial charge in [-0.05, 0) is 25.8 Å². The quantitative estimate of drug-likeness (QED) is 0.801. The second kappa shape index (κ2) is 5.55. The van der Waals surface area contributed by atoms with Gasteiger partial charge in [-0.25, -0.2) is 0 Å². The standard InChI is InChI=1S/C12H22N2O2.ClH/c1-12(2)9(7-10(12)16-3)14-11(15)8-5-4-6-13-8;/h8-10,13H,4-7H2,1-3H3,(H,14,15);1H/t8-,9?,10?;/m0./s1. The summed E-state index contributed by atoms with van der Waals surface area (Å²) in [4.78, 5) is 11.9. The third kappa shape index (κ3) is 2.75. The number of halogens is 1. The molecule has 0 bridgehead atoms. The smallest absolute Gasteiger partial charge is 0.237 e. The Labute approximate surface area is 109 Å². The van der Waals surface area contributed by atoms with E-state index in [1.54, 1.807) is 7.11 Å². The van der Waals surface area contributed by atoms with E-state index in [4.69, 9.17) is 4.74 Å². The first-order chi connectivity index (χ1) is 7.55. The maximum atomic E-state index is 11.9. The summed E-state index contributed by atoms with van der Waals surface area (Å²) in [7, 11) is 1.74. The summed E-state index contributed by atoms with van der Waals surface area (Å²) in [5.74, 6) is 0.158. The summed E-state index contributed by atoms with van der Waals surface area (Å²) >= 11 is 0. The van der Waals surface area contributed by atoms with Crippen molar-refractivity contribution in [2.45, 2.75) is 51.3 Å². The summed E-state index contributed by atoms with van der Waals surface area (Å²) in [6.45, 7) is 5.27. The van der Waals surface area contributed by atoms with E-state index in [-0.39, 0.29) is 41.9 Å². The van der Waals surface area contributed by atoms with Crippen LogP contribution in [0.4, 0.5) is 0 Å². The third-order valence-electron chi connectivity index (χ3n) is 4.16. The average Bonchev–Trinajstić information content (AvgIpc) is 2.76. The van der Waals surface area contributed by atoms with Crippen LogP contribution in [0.25, 0.3) is 0 Å². The van der Waals surface area contributed by atoms with E-state index in [0.29, 0.717) is 0 Å². The van der Waals surface area contributed by atoms with Crippen LogP contribution in [-0.4, -0.2) is 37.7 Å². The molecular formula is C12H23ClN2O2. The molecule has 1 aliphatic carbocycles. The topological polar surface area (TPSA) is 50.4 Å². The van der Waals surface area contributed by atoms with Crippen molar-refractivity contribution in [2.75, 3.05) is 13.7 Å². The Hall–Kier alpha value is -0.320. The van der Waals surface area contributed by atoms with Gasteiger partial charge in [-0.15, -0.1) is 12.4 Å². The number of methoxy groups -OCH3 is 1. The minimum absolute atomic E-state index is 0. The summed E-state index contributed by atoms with van der Waals surface area (Å²) in [5, 5.41) is 6.35. The molecule has 4 nitrogen and oxygen atoms in total. The molecule has 2 N–H and O–H groups in total. The first-order valence-electron chi connectivity index (χ1n) is 6.12. The van der Waals surface area contributed by atoms with Gasteiger partial charge < -0.3 is 15.4 Å². The lowest BCUT2D eigenvalue weighted by Crippen LogP contribution is -2.63. The largest absolute Gasteiger partial charge is 0.381 e. The van der Waals surface area contributed by atoms with Crippen LogP contribution in [0.2, 0.25) is 0 Å². The van der Waals surface area contributed by atoms with Gasteiger partial charge >= 0.3 is 0 Å². The van der Waals surface area contributed by atoms with Gasteiger partial charge in [0.25, 0.3) is 0 Å². The van der Waals surface area contributed by atoms with Gasteiger partial charge in [-0.3, -0.25) is 4.79 Å². The van der Waals surface area contributed by atoms with Crippen LogP contribution >= 0.6 is 12.4 Å². The highest BCUT2D eigenvalue weighted by molar-refractivity contribution is 5.85. The minimum atomic E-state index is 0. The normalized spacial score (nSPS) is 34.6. The molecule has 5 heteroatoms. The second-order valence-electron chi connectivity index (χ2n) is 5.49. The fraction of sp³-hybridized carbons (Fsp3) is 0.917. The zero-order valence-electron chi connectivity index (χ0n) is 10.8. The maximum absolute atomic E-state index is 11.9. The van der Waals surface area contributed by atoms with Crippen LogP contribution in [0.15, 0.2) is 0 Å². The number of hydrogen-bond donors (Lipinski definition) is 2. The Balaban J connectivity index is 0.00000144. The monoisotopic (exact) mass is 262 g/mol. The minimum Gasteiger partial charge on any atom is -0.381 e. The van der Waals surface area contributed by atoms with Crippen molar-refractivity contribution in [3.05, 3.63) is 0 Å². The molecule has 2 fully saturated rings. The Morgan fingerprint density at radius 1 is 1.47 bits per heavy atom. The number of carbonyl (C=O) groups excluding carboxylic acids is 1. The van der Waals surface area contributed by atoms with Gasteiger partial charge in [-0.1, -0.05) is 13.8 Å². The van der Waals surface area contributed by atoms with Crippen LogP contribution < -0.4 is 10.6 Å². The molecule has 0 aromatic rings. The fourth-order valence-electron chi connectivity index (χ4n) is 2.71. The van der Waals surface area contributed by atoms with Gasteiger partial charge in [0.1, 0.15) is 0 Å². The van der Waals surface area contributed by atoms with Crippen molar-refractivity contribution >= 4 is 18.3 Å². The number of rotatable bonds is 3. The number of amides is 1. The average molecular weight is 263 g/mol. The highest BCUT2D eigenvalue weighted by atomic mass is 35.5. The van der Waals surface area contributed by atoms with Crippen LogP contribution in [0.3, 0.4) is 0 Å². The van der Waals surface area contributed by atoms with E-state index in [9.17, 15) is 4.79 Å². The van der Waals surface area contributed by atoms with E-state index in [2.05, 4.69) is 24.5 Å². The highest BCUT2D eigenvalue weighted by Crippen LogP contribution is 2.42. The molecule has 0 spiro atoms. The zero-order valence-corrected chi connectivity index (χ0v) is 11.6. The predicted octanol–water partition coefficient (Wildman–Crippen LogP) is 1.09. The van der Waals surface area contributed by atoms with Crippen molar-refractivity contribution in [1.29, 1.82) is 0 Å². The molecule has 1 saturated carbocycles. The highest BCUT2D eigenvalue weighted by Gasteiger charge is 2.49. The summed E-state index contributed by atoms with van der Waals surface area (Å²) in [6.07, 6.45) is 3.27. The van der Waals surface area contributed by atoms with Crippen LogP contribution in [-0.2, 0) is 9.53 Å². The van der Waals surface area contributed by atoms with E-state index in [1.165, 1.54) is 0 Å². The van der Waals surface area contributed by atoms with Crippen molar-refractivity contribution in [2.24, 2.45) is 5.41 Å². The van der Waals surface area contributed by atoms with E-state index in [0.717, 1.165) is 25.8 Å². The molecule has 2 rings (SSSR count). The first-order valence-corrected chi connectivity index (χ1v) is 6.12. The van der Waals surface area contributed by atoms with Crippen molar-refractivity contribution < 1.29 is 9.53 Å². The molecular weight excluding hydrogens is 240 g/mol. The Morgan fingerprint density at radius 2 is 2.18 bits per heavy atom.